The number of amides is 2. The number of nitrogens with zero attached hydrogens (tertiary/aromatic N) is 2. The average molecular weight is 513 g/mol. The first-order valence-corrected chi connectivity index (χ1v) is 12.4. The number of hydrogen-bond donors (Lipinski definition) is 2. The molecule has 1 unspecified atom stereocenters. The number of rotatable bonds is 12. The maximum absolute atomic E-state index is 12.9. The smallest absolute Gasteiger partial charge is 0.325 e. The van der Waals surface area contributed by atoms with E-state index in [0.29, 0.717) is 18.1 Å². The van der Waals surface area contributed by atoms with Crippen LogP contribution in [0.2, 0.25) is 5.02 Å². The van der Waals surface area contributed by atoms with Crippen LogP contribution in [0.1, 0.15) is 32.3 Å². The normalized spacial score (nSPS) is 11.6. The predicted molar refractivity (Wildman–Crippen MR) is 143 cm³/mol. The lowest BCUT2D eigenvalue weighted by molar-refractivity contribution is -0.141. The number of fused-ring (bicyclic) bond motifs is 1. The van der Waals surface area contributed by atoms with Crippen LogP contribution in [-0.4, -0.2) is 54.7 Å². The molecular formula is C27H33ClN4O4. The number of methoxy groups -OCH3 is 1. The molecule has 3 rings (SSSR count). The molecule has 3 aromatic rings. The number of benzene rings is 2. The van der Waals surface area contributed by atoms with Crippen molar-refractivity contribution in [2.45, 2.75) is 39.3 Å². The largest absolute Gasteiger partial charge is 0.497 e. The van der Waals surface area contributed by atoms with E-state index in [4.69, 9.17) is 21.1 Å². The van der Waals surface area contributed by atoms with E-state index in [-0.39, 0.29) is 25.2 Å². The minimum absolute atomic E-state index is 0.127. The number of pyridine rings is 1. The molecule has 0 aliphatic carbocycles. The SMILES string of the molecule is CCOC(=O)CNC(=O)N(CCCC(C)Nc1cc(OC)cc2cccnc12)Cc1ccc(Cl)cc1. The highest BCUT2D eigenvalue weighted by atomic mass is 35.5. The van der Waals surface area contributed by atoms with Gasteiger partial charge in [-0.2, -0.15) is 0 Å². The second-order valence-corrected chi connectivity index (χ2v) is 8.89. The highest BCUT2D eigenvalue weighted by Gasteiger charge is 2.16. The molecule has 0 radical (unpaired) electrons. The van der Waals surface area contributed by atoms with Crippen LogP contribution in [0, 0.1) is 0 Å². The molecule has 0 saturated heterocycles. The summed E-state index contributed by atoms with van der Waals surface area (Å²) in [4.78, 5) is 30.7. The maximum Gasteiger partial charge on any atom is 0.325 e. The maximum atomic E-state index is 12.9. The van der Waals surface area contributed by atoms with E-state index in [9.17, 15) is 9.59 Å². The Balaban J connectivity index is 1.61. The summed E-state index contributed by atoms with van der Waals surface area (Å²) in [5.41, 5.74) is 2.74. The first-order chi connectivity index (χ1) is 17.4. The number of carbonyl (C=O) groups excluding carboxylic acids is 2. The van der Waals surface area contributed by atoms with Gasteiger partial charge in [0.15, 0.2) is 0 Å². The third kappa shape index (κ3) is 8.02. The number of ether oxygens (including phenoxy) is 2. The van der Waals surface area contributed by atoms with Crippen LogP contribution in [0.15, 0.2) is 54.7 Å². The Hall–Kier alpha value is -3.52. The molecule has 2 amide bonds. The molecule has 8 nitrogen and oxygen atoms in total. The summed E-state index contributed by atoms with van der Waals surface area (Å²) in [6.07, 6.45) is 3.34. The van der Waals surface area contributed by atoms with E-state index >= 15 is 0 Å². The monoisotopic (exact) mass is 512 g/mol. The number of hydrogen-bond acceptors (Lipinski definition) is 6. The van der Waals surface area contributed by atoms with Crippen molar-refractivity contribution in [2.75, 3.05) is 32.1 Å². The fraction of sp³-hybridized carbons (Fsp3) is 0.370. The molecule has 0 spiro atoms. The third-order valence-corrected chi connectivity index (χ3v) is 5.90. The van der Waals surface area contributed by atoms with Gasteiger partial charge in [0.05, 0.1) is 24.9 Å². The second kappa shape index (κ2) is 13.5. The van der Waals surface area contributed by atoms with Crippen LogP contribution in [0.25, 0.3) is 10.9 Å². The molecule has 9 heteroatoms. The zero-order valence-corrected chi connectivity index (χ0v) is 21.7. The van der Waals surface area contributed by atoms with E-state index in [0.717, 1.165) is 40.7 Å². The van der Waals surface area contributed by atoms with Crippen molar-refractivity contribution < 1.29 is 19.1 Å². The highest BCUT2D eigenvalue weighted by Crippen LogP contribution is 2.28. The molecule has 1 aromatic heterocycles. The number of anilines is 1. The summed E-state index contributed by atoms with van der Waals surface area (Å²) in [5.74, 6) is 0.298. The first kappa shape index (κ1) is 27.1. The number of aromatic nitrogens is 1. The average Bonchev–Trinajstić information content (AvgIpc) is 2.88. The lowest BCUT2D eigenvalue weighted by Gasteiger charge is -2.24. The summed E-state index contributed by atoms with van der Waals surface area (Å²) in [6.45, 7) is 4.84. The van der Waals surface area contributed by atoms with E-state index in [1.807, 2.05) is 36.4 Å². The van der Waals surface area contributed by atoms with E-state index < -0.39 is 5.97 Å². The van der Waals surface area contributed by atoms with E-state index in [2.05, 4.69) is 22.5 Å². The molecule has 0 aliphatic rings. The highest BCUT2D eigenvalue weighted by molar-refractivity contribution is 6.30. The summed E-state index contributed by atoms with van der Waals surface area (Å²) >= 11 is 6.00. The zero-order valence-electron chi connectivity index (χ0n) is 20.9. The van der Waals surface area contributed by atoms with Crippen molar-refractivity contribution in [3.05, 3.63) is 65.3 Å². The van der Waals surface area contributed by atoms with Gasteiger partial charge < -0.3 is 25.0 Å². The number of carbonyl (C=O) groups is 2. The second-order valence-electron chi connectivity index (χ2n) is 8.45. The predicted octanol–water partition coefficient (Wildman–Crippen LogP) is 5.25. The van der Waals surface area contributed by atoms with Gasteiger partial charge >= 0.3 is 12.0 Å². The number of halogens is 1. The van der Waals surface area contributed by atoms with Crippen molar-refractivity contribution in [3.8, 4) is 5.75 Å². The summed E-state index contributed by atoms with van der Waals surface area (Å²) in [5, 5.41) is 7.83. The Kier molecular flexibility index (Phi) is 10.2. The third-order valence-electron chi connectivity index (χ3n) is 5.64. The fourth-order valence-corrected chi connectivity index (χ4v) is 3.98. The number of nitrogens with one attached hydrogen (secondary N) is 2. The van der Waals surface area contributed by atoms with E-state index in [1.54, 1.807) is 37.3 Å². The Morgan fingerprint density at radius 2 is 1.94 bits per heavy atom. The van der Waals surface area contributed by atoms with Crippen molar-refractivity contribution >= 4 is 40.2 Å². The van der Waals surface area contributed by atoms with Gasteiger partial charge in [-0.15, -0.1) is 0 Å². The van der Waals surface area contributed by atoms with Crippen molar-refractivity contribution in [3.63, 3.8) is 0 Å². The Bertz CT molecular complexity index is 1160. The van der Waals surface area contributed by atoms with Crippen molar-refractivity contribution in [2.24, 2.45) is 0 Å². The minimum Gasteiger partial charge on any atom is -0.497 e. The minimum atomic E-state index is -0.464. The molecule has 0 fully saturated rings. The quantitative estimate of drug-likeness (QED) is 0.322. The number of esters is 1. The summed E-state index contributed by atoms with van der Waals surface area (Å²) < 4.78 is 10.4. The first-order valence-electron chi connectivity index (χ1n) is 12.0. The van der Waals surface area contributed by atoms with Crippen LogP contribution >= 0.6 is 11.6 Å². The standard InChI is InChI=1S/C27H33ClN4O4/c1-4-36-25(33)17-30-27(34)32(18-20-9-11-22(28)12-10-20)14-6-7-19(2)31-24-16-23(35-3)15-21-8-5-13-29-26(21)24/h5,8-13,15-16,19,31H,4,6-7,14,17-18H2,1-3H3,(H,30,34). The van der Waals surface area contributed by atoms with E-state index in [1.165, 1.54) is 0 Å². The Labute approximate surface area is 216 Å². The lowest BCUT2D eigenvalue weighted by Crippen LogP contribution is -2.42. The summed E-state index contributed by atoms with van der Waals surface area (Å²) in [7, 11) is 1.65. The van der Waals surface area contributed by atoms with Gasteiger partial charge in [0.2, 0.25) is 0 Å². The van der Waals surface area contributed by atoms with Crippen LogP contribution in [0.4, 0.5) is 10.5 Å². The zero-order chi connectivity index (χ0) is 25.9. The lowest BCUT2D eigenvalue weighted by atomic mass is 10.1. The fourth-order valence-electron chi connectivity index (χ4n) is 3.85. The Morgan fingerprint density at radius 3 is 2.67 bits per heavy atom. The topological polar surface area (TPSA) is 92.8 Å². The Morgan fingerprint density at radius 1 is 1.17 bits per heavy atom. The van der Waals surface area contributed by atoms with Crippen molar-refractivity contribution in [1.29, 1.82) is 0 Å². The van der Waals surface area contributed by atoms with Gasteiger partial charge in [-0.25, -0.2) is 4.79 Å². The molecule has 0 aliphatic heterocycles. The van der Waals surface area contributed by atoms with Gasteiger partial charge in [-0.05, 0) is 56.5 Å². The van der Waals surface area contributed by atoms with Gasteiger partial charge in [0, 0.05) is 41.8 Å². The molecule has 0 bridgehead atoms. The van der Waals surface area contributed by atoms with Gasteiger partial charge in [-0.1, -0.05) is 29.8 Å². The van der Waals surface area contributed by atoms with Crippen LogP contribution in [0.3, 0.4) is 0 Å². The van der Waals surface area contributed by atoms with Gasteiger partial charge in [-0.3, -0.25) is 9.78 Å². The molecule has 1 atom stereocenters. The summed E-state index contributed by atoms with van der Waals surface area (Å²) in [6, 6.07) is 15.0. The molecule has 36 heavy (non-hydrogen) atoms. The van der Waals surface area contributed by atoms with Crippen LogP contribution < -0.4 is 15.4 Å². The molecule has 2 aromatic carbocycles. The number of urea groups is 1. The molecule has 192 valence electrons. The van der Waals surface area contributed by atoms with Gasteiger partial charge in [0.1, 0.15) is 12.3 Å². The van der Waals surface area contributed by atoms with Crippen LogP contribution in [0.5, 0.6) is 5.75 Å². The molecule has 2 N–H and O–H groups in total. The van der Waals surface area contributed by atoms with Gasteiger partial charge in [0.25, 0.3) is 0 Å². The molecule has 1 heterocycles. The molecule has 0 saturated carbocycles. The molecular weight excluding hydrogens is 480 g/mol. The van der Waals surface area contributed by atoms with Crippen LogP contribution in [-0.2, 0) is 16.1 Å². The van der Waals surface area contributed by atoms with Crippen molar-refractivity contribution in [1.82, 2.24) is 15.2 Å².